The fourth-order valence-corrected chi connectivity index (χ4v) is 4.58. The molecule has 0 bridgehead atoms. The average molecular weight is 478 g/mol. The molecule has 1 aliphatic carbocycles. The highest BCUT2D eigenvalue weighted by atomic mass is 16.5. The third-order valence-electron chi connectivity index (χ3n) is 6.45. The van der Waals surface area contributed by atoms with E-state index in [1.165, 1.54) is 12.0 Å². The molecule has 2 aromatic rings. The summed E-state index contributed by atoms with van der Waals surface area (Å²) < 4.78 is 5.48. The summed E-state index contributed by atoms with van der Waals surface area (Å²) in [5.41, 5.74) is 7.12. The lowest BCUT2D eigenvalue weighted by molar-refractivity contribution is 0.0954. The Morgan fingerprint density at radius 2 is 1.83 bits per heavy atom. The molecule has 0 spiro atoms. The monoisotopic (exact) mass is 477 g/mol. The van der Waals surface area contributed by atoms with Gasteiger partial charge in [0.2, 0.25) is 0 Å². The molecule has 3 N–H and O–H groups in total. The molecule has 1 aliphatic rings. The standard InChI is InChI=1S/C29H39N3O3/c1-5-7-17-31-20(3)10-8-11-21-14-15-23-25(18-21)26(19-35-29(34)30-4)22-12-9-13-24(27(22)23)28(33)32-16-6-2/h9,12-15,18,26,31H,3,5-8,10-11,16-17,19H2,1-2,4H3,(H,30,34)(H,32,33). The van der Waals surface area contributed by atoms with E-state index in [9.17, 15) is 9.59 Å². The Balaban J connectivity index is 1.83. The Morgan fingerprint density at radius 3 is 2.57 bits per heavy atom. The van der Waals surface area contributed by atoms with Gasteiger partial charge < -0.3 is 20.7 Å². The number of amides is 2. The number of carbonyl (C=O) groups is 2. The van der Waals surface area contributed by atoms with Crippen molar-refractivity contribution in [1.82, 2.24) is 16.0 Å². The Labute approximate surface area is 209 Å². The van der Waals surface area contributed by atoms with Gasteiger partial charge in [-0.2, -0.15) is 0 Å². The third-order valence-corrected chi connectivity index (χ3v) is 6.45. The molecule has 3 rings (SSSR count). The molecule has 0 saturated heterocycles. The largest absolute Gasteiger partial charge is 0.449 e. The highest BCUT2D eigenvalue weighted by molar-refractivity contribution is 6.03. The summed E-state index contributed by atoms with van der Waals surface area (Å²) in [6.07, 6.45) is 5.63. The molecule has 1 atom stereocenters. The summed E-state index contributed by atoms with van der Waals surface area (Å²) in [4.78, 5) is 24.8. The van der Waals surface area contributed by atoms with Crippen LogP contribution >= 0.6 is 0 Å². The van der Waals surface area contributed by atoms with Crippen molar-refractivity contribution in [1.29, 1.82) is 0 Å². The minimum absolute atomic E-state index is 0.0688. The molecule has 0 aromatic heterocycles. The fourth-order valence-electron chi connectivity index (χ4n) is 4.58. The van der Waals surface area contributed by atoms with E-state index >= 15 is 0 Å². The number of benzene rings is 2. The molecule has 6 heteroatoms. The minimum Gasteiger partial charge on any atom is -0.449 e. The second-order valence-electron chi connectivity index (χ2n) is 9.09. The van der Waals surface area contributed by atoms with Crippen LogP contribution in [0.25, 0.3) is 11.1 Å². The second kappa shape index (κ2) is 13.0. The molecule has 188 valence electrons. The van der Waals surface area contributed by atoms with E-state index in [-0.39, 0.29) is 18.4 Å². The van der Waals surface area contributed by atoms with Crippen molar-refractivity contribution in [2.75, 3.05) is 26.7 Å². The van der Waals surface area contributed by atoms with Gasteiger partial charge in [-0.15, -0.1) is 0 Å². The fraction of sp³-hybridized carbons (Fsp3) is 0.448. The highest BCUT2D eigenvalue weighted by Gasteiger charge is 2.33. The van der Waals surface area contributed by atoms with Gasteiger partial charge in [-0.25, -0.2) is 4.79 Å². The Kier molecular flexibility index (Phi) is 9.76. The Morgan fingerprint density at radius 1 is 1.00 bits per heavy atom. The molecule has 1 unspecified atom stereocenters. The molecule has 0 radical (unpaired) electrons. The van der Waals surface area contributed by atoms with Crippen LogP contribution in [0.2, 0.25) is 0 Å². The van der Waals surface area contributed by atoms with Crippen LogP contribution in [0.1, 0.15) is 78.9 Å². The van der Waals surface area contributed by atoms with Crippen LogP contribution in [0.15, 0.2) is 48.7 Å². The molecule has 2 aromatic carbocycles. The lowest BCUT2D eigenvalue weighted by Gasteiger charge is -2.15. The number of allylic oxidation sites excluding steroid dienone is 1. The van der Waals surface area contributed by atoms with Crippen molar-refractivity contribution in [3.63, 3.8) is 0 Å². The van der Waals surface area contributed by atoms with Crippen molar-refractivity contribution in [3.05, 3.63) is 70.9 Å². The lowest BCUT2D eigenvalue weighted by Crippen LogP contribution is -2.24. The van der Waals surface area contributed by atoms with E-state index in [0.29, 0.717) is 12.1 Å². The summed E-state index contributed by atoms with van der Waals surface area (Å²) >= 11 is 0. The normalized spacial score (nSPS) is 13.5. The van der Waals surface area contributed by atoms with Crippen molar-refractivity contribution >= 4 is 12.0 Å². The Bertz CT molecular complexity index is 1050. The number of hydrogen-bond donors (Lipinski definition) is 3. The van der Waals surface area contributed by atoms with E-state index in [4.69, 9.17) is 4.74 Å². The molecule has 0 aliphatic heterocycles. The van der Waals surface area contributed by atoms with Gasteiger partial charge in [0.15, 0.2) is 0 Å². The molecule has 2 amide bonds. The van der Waals surface area contributed by atoms with Crippen LogP contribution in [-0.4, -0.2) is 38.7 Å². The maximum Gasteiger partial charge on any atom is 0.406 e. The summed E-state index contributed by atoms with van der Waals surface area (Å²) in [6, 6.07) is 12.3. The van der Waals surface area contributed by atoms with Gasteiger partial charge in [0.1, 0.15) is 6.61 Å². The van der Waals surface area contributed by atoms with Crippen LogP contribution < -0.4 is 16.0 Å². The summed E-state index contributed by atoms with van der Waals surface area (Å²) in [7, 11) is 1.55. The predicted octanol–water partition coefficient (Wildman–Crippen LogP) is 5.52. The van der Waals surface area contributed by atoms with Crippen LogP contribution in [-0.2, 0) is 11.2 Å². The molecule has 0 heterocycles. The number of rotatable bonds is 13. The Hall–Kier alpha value is -3.28. The van der Waals surface area contributed by atoms with Crippen molar-refractivity contribution in [3.8, 4) is 11.1 Å². The SMILES string of the molecule is C=C(CCCc1ccc2c(c1)C(COC(=O)NC)c1cccc(C(=O)NCCC)c1-2)NCCCC. The van der Waals surface area contributed by atoms with Gasteiger partial charge in [-0.05, 0) is 66.0 Å². The van der Waals surface area contributed by atoms with E-state index in [1.54, 1.807) is 7.05 Å². The molecule has 0 fully saturated rings. The zero-order valence-corrected chi connectivity index (χ0v) is 21.3. The van der Waals surface area contributed by atoms with Crippen molar-refractivity contribution in [2.45, 2.75) is 58.3 Å². The number of ether oxygens (including phenoxy) is 1. The smallest absolute Gasteiger partial charge is 0.406 e. The number of aryl methyl sites for hydroxylation is 1. The van der Waals surface area contributed by atoms with Gasteiger partial charge in [0.05, 0.1) is 0 Å². The predicted molar refractivity (Wildman–Crippen MR) is 142 cm³/mol. The zero-order valence-electron chi connectivity index (χ0n) is 21.3. The van der Waals surface area contributed by atoms with Crippen LogP contribution in [0.4, 0.5) is 4.79 Å². The summed E-state index contributed by atoms with van der Waals surface area (Å²) in [5.74, 6) is -0.178. The quantitative estimate of drug-likeness (QED) is 0.332. The van der Waals surface area contributed by atoms with E-state index in [1.807, 2.05) is 25.1 Å². The topological polar surface area (TPSA) is 79.5 Å². The van der Waals surface area contributed by atoms with Crippen LogP contribution in [0.3, 0.4) is 0 Å². The van der Waals surface area contributed by atoms with E-state index in [2.05, 4.69) is 47.7 Å². The molecular formula is C29H39N3O3. The number of carbonyl (C=O) groups excluding carboxylic acids is 2. The van der Waals surface area contributed by atoms with Gasteiger partial charge in [-0.1, -0.05) is 57.2 Å². The number of unbranched alkanes of at least 4 members (excludes halogenated alkanes) is 1. The minimum atomic E-state index is -0.456. The number of hydrogen-bond acceptors (Lipinski definition) is 4. The molecule has 0 saturated carbocycles. The number of alkyl carbamates (subject to hydrolysis) is 1. The first-order valence-electron chi connectivity index (χ1n) is 12.8. The molecular weight excluding hydrogens is 438 g/mol. The van der Waals surface area contributed by atoms with Crippen LogP contribution in [0, 0.1) is 0 Å². The maximum absolute atomic E-state index is 12.9. The summed E-state index contributed by atoms with van der Waals surface area (Å²) in [6.45, 7) is 10.2. The first-order chi connectivity index (χ1) is 17.0. The molecule has 6 nitrogen and oxygen atoms in total. The number of fused-ring (bicyclic) bond motifs is 3. The highest BCUT2D eigenvalue weighted by Crippen LogP contribution is 2.47. The van der Waals surface area contributed by atoms with Gasteiger partial charge in [-0.3, -0.25) is 4.79 Å². The van der Waals surface area contributed by atoms with Gasteiger partial charge >= 0.3 is 6.09 Å². The first kappa shape index (κ1) is 26.3. The second-order valence-corrected chi connectivity index (χ2v) is 9.09. The van der Waals surface area contributed by atoms with Gasteiger partial charge in [0.25, 0.3) is 5.91 Å². The van der Waals surface area contributed by atoms with Crippen molar-refractivity contribution < 1.29 is 14.3 Å². The van der Waals surface area contributed by atoms with E-state index < -0.39 is 6.09 Å². The number of nitrogens with one attached hydrogen (secondary N) is 3. The van der Waals surface area contributed by atoms with Crippen molar-refractivity contribution in [2.24, 2.45) is 0 Å². The maximum atomic E-state index is 12.9. The summed E-state index contributed by atoms with van der Waals surface area (Å²) in [5, 5.41) is 8.93. The first-order valence-corrected chi connectivity index (χ1v) is 12.8. The van der Waals surface area contributed by atoms with Crippen LogP contribution in [0.5, 0.6) is 0 Å². The van der Waals surface area contributed by atoms with Gasteiger partial charge in [0, 0.05) is 37.3 Å². The van der Waals surface area contributed by atoms with E-state index in [0.717, 1.165) is 66.6 Å². The zero-order chi connectivity index (χ0) is 25.2. The lowest BCUT2D eigenvalue weighted by atomic mass is 9.95. The molecule has 35 heavy (non-hydrogen) atoms. The third kappa shape index (κ3) is 6.65. The average Bonchev–Trinajstić information content (AvgIpc) is 3.18.